The van der Waals surface area contributed by atoms with E-state index in [2.05, 4.69) is 34.6 Å². The van der Waals surface area contributed by atoms with Crippen LogP contribution >= 0.6 is 0 Å². The van der Waals surface area contributed by atoms with Crippen molar-refractivity contribution in [1.82, 2.24) is 15.2 Å². The lowest BCUT2D eigenvalue weighted by atomic mass is 9.72. The molecule has 1 N–H and O–H groups in total. The zero-order valence-corrected chi connectivity index (χ0v) is 19.0. The number of likely N-dealkylation sites (tertiary alicyclic amines) is 1. The SMILES string of the molecule is CC(C)NC(=O)C1(Cc2ccc(-c3cccnc3)cc2)CCN(C(=O)C2CCCO2)CC1. The van der Waals surface area contributed by atoms with Crippen LogP contribution in [0.2, 0.25) is 0 Å². The van der Waals surface area contributed by atoms with Crippen molar-refractivity contribution in [1.29, 1.82) is 0 Å². The van der Waals surface area contributed by atoms with E-state index in [4.69, 9.17) is 4.74 Å². The van der Waals surface area contributed by atoms with Gasteiger partial charge in [-0.1, -0.05) is 30.3 Å². The molecule has 0 saturated carbocycles. The summed E-state index contributed by atoms with van der Waals surface area (Å²) in [7, 11) is 0. The van der Waals surface area contributed by atoms with E-state index in [9.17, 15) is 9.59 Å². The molecule has 1 unspecified atom stereocenters. The average molecular weight is 436 g/mol. The topological polar surface area (TPSA) is 71.5 Å². The fourth-order valence-corrected chi connectivity index (χ4v) is 4.77. The first-order chi connectivity index (χ1) is 15.5. The largest absolute Gasteiger partial charge is 0.368 e. The van der Waals surface area contributed by atoms with Crippen LogP contribution in [0.3, 0.4) is 0 Å². The lowest BCUT2D eigenvalue weighted by Crippen LogP contribution is -2.53. The third-order valence-electron chi connectivity index (χ3n) is 6.63. The number of nitrogens with zero attached hydrogens (tertiary/aromatic N) is 2. The lowest BCUT2D eigenvalue weighted by molar-refractivity contribution is -0.147. The van der Waals surface area contributed by atoms with Crippen molar-refractivity contribution in [2.24, 2.45) is 5.41 Å². The Balaban J connectivity index is 1.48. The highest BCUT2D eigenvalue weighted by Gasteiger charge is 2.43. The van der Waals surface area contributed by atoms with Gasteiger partial charge in [0.1, 0.15) is 6.10 Å². The van der Waals surface area contributed by atoms with E-state index in [1.807, 2.05) is 37.1 Å². The number of amides is 2. The van der Waals surface area contributed by atoms with Crippen LogP contribution in [0.4, 0.5) is 0 Å². The Kier molecular flexibility index (Phi) is 6.89. The number of benzene rings is 1. The number of pyridine rings is 1. The summed E-state index contributed by atoms with van der Waals surface area (Å²) in [6.07, 6.45) is 7.06. The van der Waals surface area contributed by atoms with Crippen molar-refractivity contribution in [3.05, 3.63) is 54.4 Å². The van der Waals surface area contributed by atoms with Gasteiger partial charge in [0.15, 0.2) is 0 Å². The summed E-state index contributed by atoms with van der Waals surface area (Å²) in [6.45, 7) is 5.84. The van der Waals surface area contributed by atoms with Gasteiger partial charge >= 0.3 is 0 Å². The molecule has 0 aliphatic carbocycles. The molecule has 1 aromatic heterocycles. The van der Waals surface area contributed by atoms with E-state index >= 15 is 0 Å². The highest BCUT2D eigenvalue weighted by molar-refractivity contribution is 5.85. The van der Waals surface area contributed by atoms with Gasteiger partial charge in [0, 0.05) is 38.1 Å². The number of nitrogens with one attached hydrogen (secondary N) is 1. The molecule has 6 nitrogen and oxygen atoms in total. The second-order valence-electron chi connectivity index (χ2n) is 9.35. The molecular weight excluding hydrogens is 402 g/mol. The average Bonchev–Trinajstić information content (AvgIpc) is 3.35. The highest BCUT2D eigenvalue weighted by atomic mass is 16.5. The lowest BCUT2D eigenvalue weighted by Gasteiger charge is -2.41. The molecule has 170 valence electrons. The standard InChI is InChI=1S/C26H33N3O3/c1-19(2)28-25(31)26(11-14-29(15-12-26)24(30)23-6-4-16-32-23)17-20-7-9-21(10-8-20)22-5-3-13-27-18-22/h3,5,7-10,13,18-19,23H,4,6,11-12,14-17H2,1-2H3,(H,28,31). The van der Waals surface area contributed by atoms with E-state index in [1.54, 1.807) is 6.20 Å². The summed E-state index contributed by atoms with van der Waals surface area (Å²) in [5.74, 6) is 0.175. The first kappa shape index (κ1) is 22.5. The fourth-order valence-electron chi connectivity index (χ4n) is 4.77. The molecule has 2 amide bonds. The number of piperidine rings is 1. The number of ether oxygens (including phenoxy) is 1. The maximum absolute atomic E-state index is 13.3. The van der Waals surface area contributed by atoms with Crippen molar-refractivity contribution >= 4 is 11.8 Å². The van der Waals surface area contributed by atoms with Crippen LogP contribution < -0.4 is 5.32 Å². The Morgan fingerprint density at radius 3 is 2.50 bits per heavy atom. The smallest absolute Gasteiger partial charge is 0.251 e. The number of rotatable bonds is 6. The summed E-state index contributed by atoms with van der Waals surface area (Å²) in [5.41, 5.74) is 2.81. The van der Waals surface area contributed by atoms with Crippen LogP contribution in [0, 0.1) is 5.41 Å². The van der Waals surface area contributed by atoms with E-state index in [0.29, 0.717) is 39.0 Å². The van der Waals surface area contributed by atoms with Crippen molar-refractivity contribution in [2.45, 2.75) is 58.1 Å². The maximum Gasteiger partial charge on any atom is 0.251 e. The van der Waals surface area contributed by atoms with Crippen molar-refractivity contribution in [3.8, 4) is 11.1 Å². The molecule has 0 radical (unpaired) electrons. The van der Waals surface area contributed by atoms with Crippen LogP contribution in [-0.4, -0.2) is 53.5 Å². The molecule has 2 aliphatic heterocycles. The number of carbonyl (C=O) groups is 2. The molecule has 2 aliphatic rings. The van der Waals surface area contributed by atoms with Gasteiger partial charge in [0.25, 0.3) is 5.91 Å². The van der Waals surface area contributed by atoms with Gasteiger partial charge in [0.05, 0.1) is 5.41 Å². The number of hydrogen-bond donors (Lipinski definition) is 1. The first-order valence-corrected chi connectivity index (χ1v) is 11.7. The minimum absolute atomic E-state index is 0.0823. The normalized spacial score (nSPS) is 20.3. The predicted molar refractivity (Wildman–Crippen MR) is 124 cm³/mol. The van der Waals surface area contributed by atoms with E-state index in [0.717, 1.165) is 29.5 Å². The minimum Gasteiger partial charge on any atom is -0.368 e. The molecular formula is C26H33N3O3. The molecule has 2 saturated heterocycles. The molecule has 1 aromatic carbocycles. The second kappa shape index (κ2) is 9.82. The summed E-state index contributed by atoms with van der Waals surface area (Å²) in [4.78, 5) is 32.2. The summed E-state index contributed by atoms with van der Waals surface area (Å²) in [6, 6.07) is 12.5. The van der Waals surface area contributed by atoms with E-state index < -0.39 is 5.41 Å². The van der Waals surface area contributed by atoms with Crippen molar-refractivity contribution in [3.63, 3.8) is 0 Å². The molecule has 4 rings (SSSR count). The van der Waals surface area contributed by atoms with Gasteiger partial charge in [0.2, 0.25) is 5.91 Å². The number of hydrogen-bond acceptors (Lipinski definition) is 4. The number of carbonyl (C=O) groups excluding carboxylic acids is 2. The molecule has 0 spiro atoms. The van der Waals surface area contributed by atoms with Crippen molar-refractivity contribution in [2.75, 3.05) is 19.7 Å². The summed E-state index contributed by atoms with van der Waals surface area (Å²) in [5, 5.41) is 3.13. The zero-order chi connectivity index (χ0) is 22.6. The third kappa shape index (κ3) is 5.01. The monoisotopic (exact) mass is 435 g/mol. The van der Waals surface area contributed by atoms with Crippen LogP contribution in [0.15, 0.2) is 48.8 Å². The summed E-state index contributed by atoms with van der Waals surface area (Å²) < 4.78 is 5.59. The predicted octanol–water partition coefficient (Wildman–Crippen LogP) is 3.60. The molecule has 1 atom stereocenters. The highest BCUT2D eigenvalue weighted by Crippen LogP contribution is 2.37. The Labute approximate surface area is 190 Å². The van der Waals surface area contributed by atoms with Gasteiger partial charge in [-0.3, -0.25) is 14.6 Å². The van der Waals surface area contributed by atoms with Gasteiger partial charge in [-0.25, -0.2) is 0 Å². The van der Waals surface area contributed by atoms with Gasteiger partial charge < -0.3 is 15.0 Å². The summed E-state index contributed by atoms with van der Waals surface area (Å²) >= 11 is 0. The van der Waals surface area contributed by atoms with Crippen LogP contribution in [0.1, 0.15) is 45.1 Å². The Morgan fingerprint density at radius 1 is 1.16 bits per heavy atom. The van der Waals surface area contributed by atoms with Gasteiger partial charge in [-0.15, -0.1) is 0 Å². The van der Waals surface area contributed by atoms with Gasteiger partial charge in [-0.05, 0) is 68.7 Å². The maximum atomic E-state index is 13.3. The Bertz CT molecular complexity index is 913. The first-order valence-electron chi connectivity index (χ1n) is 11.7. The quantitative estimate of drug-likeness (QED) is 0.753. The molecule has 2 aromatic rings. The third-order valence-corrected chi connectivity index (χ3v) is 6.63. The molecule has 2 fully saturated rings. The van der Waals surface area contributed by atoms with Gasteiger partial charge in [-0.2, -0.15) is 0 Å². The fraction of sp³-hybridized carbons (Fsp3) is 0.500. The molecule has 3 heterocycles. The zero-order valence-electron chi connectivity index (χ0n) is 19.0. The van der Waals surface area contributed by atoms with Crippen molar-refractivity contribution < 1.29 is 14.3 Å². The van der Waals surface area contributed by atoms with E-state index in [-0.39, 0.29) is 24.0 Å². The number of aromatic nitrogens is 1. The molecule has 0 bridgehead atoms. The van der Waals surface area contributed by atoms with Crippen LogP contribution in [0.25, 0.3) is 11.1 Å². The molecule has 32 heavy (non-hydrogen) atoms. The van der Waals surface area contributed by atoms with Crippen LogP contribution in [0.5, 0.6) is 0 Å². The Morgan fingerprint density at radius 2 is 1.91 bits per heavy atom. The van der Waals surface area contributed by atoms with Crippen LogP contribution in [-0.2, 0) is 20.7 Å². The minimum atomic E-state index is -0.507. The van der Waals surface area contributed by atoms with E-state index in [1.165, 1.54) is 0 Å². The molecule has 6 heteroatoms. The second-order valence-corrected chi connectivity index (χ2v) is 9.35. The Hall–Kier alpha value is -2.73.